The van der Waals surface area contributed by atoms with Crippen molar-refractivity contribution in [2.75, 3.05) is 16.8 Å². The van der Waals surface area contributed by atoms with Crippen LogP contribution in [0.2, 0.25) is 10.0 Å². The number of rotatable bonds is 3. The lowest BCUT2D eigenvalue weighted by Crippen LogP contribution is -2.28. The molecule has 2 heterocycles. The third kappa shape index (κ3) is 3.63. The van der Waals surface area contributed by atoms with E-state index in [1.165, 1.54) is 6.20 Å². The molecule has 1 N–H and O–H groups in total. The molecule has 1 aliphatic heterocycles. The van der Waals surface area contributed by atoms with Gasteiger partial charge in [-0.05, 0) is 36.4 Å². The summed E-state index contributed by atoms with van der Waals surface area (Å²) in [6, 6.07) is 10.2. The molecular formula is C16H13Cl2N3O2. The van der Waals surface area contributed by atoms with Crippen molar-refractivity contribution in [1.29, 1.82) is 0 Å². The predicted molar refractivity (Wildman–Crippen MR) is 89.8 cm³/mol. The van der Waals surface area contributed by atoms with Gasteiger partial charge in [0, 0.05) is 29.9 Å². The quantitative estimate of drug-likeness (QED) is 0.923. The Labute approximate surface area is 143 Å². The molecule has 1 aliphatic rings. The average molecular weight is 350 g/mol. The highest BCUT2D eigenvalue weighted by Gasteiger charge is 2.35. The number of hydrogen-bond acceptors (Lipinski definition) is 3. The molecular weight excluding hydrogens is 337 g/mol. The van der Waals surface area contributed by atoms with Crippen LogP contribution in [0.3, 0.4) is 0 Å². The van der Waals surface area contributed by atoms with Crippen molar-refractivity contribution in [2.24, 2.45) is 5.92 Å². The van der Waals surface area contributed by atoms with Crippen LogP contribution in [-0.2, 0) is 9.59 Å². The fourth-order valence-corrected chi connectivity index (χ4v) is 2.67. The third-order valence-electron chi connectivity index (χ3n) is 3.61. The van der Waals surface area contributed by atoms with Crippen molar-refractivity contribution >= 4 is 46.5 Å². The molecule has 0 bridgehead atoms. The summed E-state index contributed by atoms with van der Waals surface area (Å²) in [7, 11) is 0. The Balaban J connectivity index is 1.68. The van der Waals surface area contributed by atoms with Crippen molar-refractivity contribution in [3.8, 4) is 0 Å². The molecule has 0 aliphatic carbocycles. The second kappa shape index (κ2) is 6.56. The van der Waals surface area contributed by atoms with Crippen LogP contribution in [0.25, 0.3) is 0 Å². The summed E-state index contributed by atoms with van der Waals surface area (Å²) in [6.07, 6.45) is 1.62. The molecule has 0 unspecified atom stereocenters. The van der Waals surface area contributed by atoms with Crippen LogP contribution in [0, 0.1) is 5.92 Å². The minimum atomic E-state index is -0.421. The van der Waals surface area contributed by atoms with Gasteiger partial charge >= 0.3 is 0 Å². The molecule has 2 amide bonds. The molecule has 0 spiro atoms. The Bertz CT molecular complexity index is 732. The van der Waals surface area contributed by atoms with Gasteiger partial charge in [0.25, 0.3) is 0 Å². The summed E-state index contributed by atoms with van der Waals surface area (Å²) in [5, 5.41) is 3.80. The summed E-state index contributed by atoms with van der Waals surface area (Å²) in [4.78, 5) is 30.1. The predicted octanol–water partition coefficient (Wildman–Crippen LogP) is 3.38. The lowest BCUT2D eigenvalue weighted by atomic mass is 10.1. The molecule has 118 valence electrons. The second-order valence-corrected chi connectivity index (χ2v) is 6.11. The first-order chi connectivity index (χ1) is 11.0. The smallest absolute Gasteiger partial charge is 0.230 e. The maximum absolute atomic E-state index is 12.3. The molecule has 1 atom stereocenters. The van der Waals surface area contributed by atoms with Gasteiger partial charge in [-0.3, -0.25) is 9.59 Å². The standard InChI is InChI=1S/C16H13Cl2N3O2/c17-11-1-4-13(5-2-11)21-9-10(7-15(21)22)16(23)20-14-6-3-12(18)8-19-14/h1-6,8,10H,7,9H2,(H,19,20,23)/t10-/m0/s1. The van der Waals surface area contributed by atoms with Crippen LogP contribution in [0.4, 0.5) is 11.5 Å². The van der Waals surface area contributed by atoms with E-state index in [0.717, 1.165) is 5.69 Å². The van der Waals surface area contributed by atoms with Crippen LogP contribution in [0.15, 0.2) is 42.6 Å². The first-order valence-corrected chi connectivity index (χ1v) is 7.77. The van der Waals surface area contributed by atoms with Crippen LogP contribution in [0.5, 0.6) is 0 Å². The molecule has 23 heavy (non-hydrogen) atoms. The zero-order valence-corrected chi connectivity index (χ0v) is 13.5. The maximum atomic E-state index is 12.3. The molecule has 3 rings (SSSR count). The van der Waals surface area contributed by atoms with Crippen LogP contribution < -0.4 is 10.2 Å². The lowest BCUT2D eigenvalue weighted by molar-refractivity contribution is -0.122. The number of benzene rings is 1. The van der Waals surface area contributed by atoms with Gasteiger partial charge in [0.1, 0.15) is 5.82 Å². The van der Waals surface area contributed by atoms with Gasteiger partial charge in [-0.25, -0.2) is 4.98 Å². The second-order valence-electron chi connectivity index (χ2n) is 5.23. The molecule has 1 fully saturated rings. The Kier molecular flexibility index (Phi) is 4.50. The average Bonchev–Trinajstić information content (AvgIpc) is 2.92. The van der Waals surface area contributed by atoms with Crippen molar-refractivity contribution in [1.82, 2.24) is 4.98 Å². The largest absolute Gasteiger partial charge is 0.312 e. The van der Waals surface area contributed by atoms with Crippen molar-refractivity contribution in [2.45, 2.75) is 6.42 Å². The van der Waals surface area contributed by atoms with Crippen LogP contribution in [0.1, 0.15) is 6.42 Å². The van der Waals surface area contributed by atoms with E-state index in [-0.39, 0.29) is 18.2 Å². The highest BCUT2D eigenvalue weighted by Crippen LogP contribution is 2.27. The van der Waals surface area contributed by atoms with Gasteiger partial charge in [0.2, 0.25) is 11.8 Å². The van der Waals surface area contributed by atoms with E-state index in [1.54, 1.807) is 41.3 Å². The van der Waals surface area contributed by atoms with Crippen molar-refractivity contribution in [3.63, 3.8) is 0 Å². The number of carbonyl (C=O) groups excluding carboxylic acids is 2. The number of anilines is 2. The SMILES string of the molecule is O=C(Nc1ccc(Cl)cn1)[C@H]1CC(=O)N(c2ccc(Cl)cc2)C1. The van der Waals surface area contributed by atoms with E-state index in [2.05, 4.69) is 10.3 Å². The Hall–Kier alpha value is -2.11. The molecule has 0 saturated carbocycles. The van der Waals surface area contributed by atoms with E-state index < -0.39 is 5.92 Å². The van der Waals surface area contributed by atoms with E-state index in [0.29, 0.717) is 22.4 Å². The fraction of sp³-hybridized carbons (Fsp3) is 0.188. The van der Waals surface area contributed by atoms with Crippen LogP contribution >= 0.6 is 23.2 Å². The van der Waals surface area contributed by atoms with Gasteiger partial charge in [-0.1, -0.05) is 23.2 Å². The minimum Gasteiger partial charge on any atom is -0.312 e. The molecule has 1 aromatic heterocycles. The van der Waals surface area contributed by atoms with Gasteiger partial charge in [0.15, 0.2) is 0 Å². The van der Waals surface area contributed by atoms with E-state index in [9.17, 15) is 9.59 Å². The summed E-state index contributed by atoms with van der Waals surface area (Å²) in [5.74, 6) is -0.325. The fourth-order valence-electron chi connectivity index (χ4n) is 2.43. The molecule has 0 radical (unpaired) electrons. The monoisotopic (exact) mass is 349 g/mol. The van der Waals surface area contributed by atoms with E-state index >= 15 is 0 Å². The van der Waals surface area contributed by atoms with Gasteiger partial charge in [-0.2, -0.15) is 0 Å². The van der Waals surface area contributed by atoms with Crippen molar-refractivity contribution < 1.29 is 9.59 Å². The molecule has 2 aromatic rings. The first kappa shape index (κ1) is 15.8. The van der Waals surface area contributed by atoms with E-state index in [4.69, 9.17) is 23.2 Å². The zero-order chi connectivity index (χ0) is 16.4. The Morgan fingerprint density at radius 3 is 2.48 bits per heavy atom. The maximum Gasteiger partial charge on any atom is 0.230 e. The molecule has 1 aromatic carbocycles. The number of carbonyl (C=O) groups is 2. The van der Waals surface area contributed by atoms with Gasteiger partial charge in [0.05, 0.1) is 10.9 Å². The summed E-state index contributed by atoms with van der Waals surface area (Å²) in [6.45, 7) is 0.333. The molecule has 7 heteroatoms. The van der Waals surface area contributed by atoms with Crippen LogP contribution in [-0.4, -0.2) is 23.3 Å². The first-order valence-electron chi connectivity index (χ1n) is 7.01. The number of pyridine rings is 1. The number of halogens is 2. The summed E-state index contributed by atoms with van der Waals surface area (Å²) < 4.78 is 0. The van der Waals surface area contributed by atoms with Crippen molar-refractivity contribution in [3.05, 3.63) is 52.6 Å². The number of nitrogens with one attached hydrogen (secondary N) is 1. The van der Waals surface area contributed by atoms with Gasteiger partial charge < -0.3 is 10.2 Å². The number of nitrogens with zero attached hydrogens (tertiary/aromatic N) is 2. The highest BCUT2D eigenvalue weighted by molar-refractivity contribution is 6.30. The minimum absolute atomic E-state index is 0.0865. The van der Waals surface area contributed by atoms with Gasteiger partial charge in [-0.15, -0.1) is 0 Å². The Morgan fingerprint density at radius 2 is 1.83 bits per heavy atom. The normalized spacial score (nSPS) is 17.4. The lowest BCUT2D eigenvalue weighted by Gasteiger charge is -2.16. The zero-order valence-electron chi connectivity index (χ0n) is 12.0. The highest BCUT2D eigenvalue weighted by atomic mass is 35.5. The Morgan fingerprint density at radius 1 is 1.13 bits per heavy atom. The number of amides is 2. The topological polar surface area (TPSA) is 62.3 Å². The summed E-state index contributed by atoms with van der Waals surface area (Å²) >= 11 is 11.6. The summed E-state index contributed by atoms with van der Waals surface area (Å²) in [5.41, 5.74) is 0.735. The number of hydrogen-bond donors (Lipinski definition) is 1. The van der Waals surface area contributed by atoms with E-state index in [1.807, 2.05) is 0 Å². The molecule has 1 saturated heterocycles. The molecule has 5 nitrogen and oxygen atoms in total. The third-order valence-corrected chi connectivity index (χ3v) is 4.09. The number of aromatic nitrogens is 1.